The number of halogens is 1. The van der Waals surface area contributed by atoms with Crippen LogP contribution in [0.4, 0.5) is 0 Å². The third kappa shape index (κ3) is 2.82. The van der Waals surface area contributed by atoms with Crippen molar-refractivity contribution >= 4 is 21.6 Å². The number of fused-ring (bicyclic) bond motifs is 2. The van der Waals surface area contributed by atoms with E-state index in [-0.39, 0.29) is 0 Å². The van der Waals surface area contributed by atoms with Crippen molar-refractivity contribution < 1.29 is 4.74 Å². The van der Waals surface area contributed by atoms with Gasteiger partial charge < -0.3 is 14.5 Å². The monoisotopic (exact) mass is 385 g/mol. The molecule has 24 heavy (non-hydrogen) atoms. The molecule has 124 valence electrons. The molecule has 2 aromatic heterocycles. The molecule has 0 spiro atoms. The van der Waals surface area contributed by atoms with Gasteiger partial charge in [0.1, 0.15) is 11.4 Å². The maximum absolute atomic E-state index is 5.37. The van der Waals surface area contributed by atoms with Crippen LogP contribution in [0.1, 0.15) is 34.8 Å². The lowest BCUT2D eigenvalue weighted by Crippen LogP contribution is -2.18. The first kappa shape index (κ1) is 15.7. The standard InChI is InChI=1S/C19H20BrN3O/c1-12-7-14(20)10-23-11-15(22-19(12)23)9-21-18-6-4-13-3-5-16(24-2)8-17(13)18/h3,5,7-8,10-11,18,21H,4,6,9H2,1-2H3. The lowest BCUT2D eigenvalue weighted by atomic mass is 10.1. The van der Waals surface area contributed by atoms with Crippen molar-refractivity contribution in [3.8, 4) is 5.75 Å². The number of aromatic nitrogens is 2. The third-order valence-corrected chi connectivity index (χ3v) is 5.15. The zero-order chi connectivity index (χ0) is 16.7. The molecule has 5 heteroatoms. The van der Waals surface area contributed by atoms with Crippen LogP contribution in [-0.2, 0) is 13.0 Å². The summed E-state index contributed by atoms with van der Waals surface area (Å²) in [5.41, 5.74) is 6.03. The second kappa shape index (κ2) is 6.22. The lowest BCUT2D eigenvalue weighted by Gasteiger charge is -2.14. The molecule has 0 radical (unpaired) electrons. The average molecular weight is 386 g/mol. The summed E-state index contributed by atoms with van der Waals surface area (Å²) in [5.74, 6) is 0.927. The zero-order valence-electron chi connectivity index (χ0n) is 13.8. The summed E-state index contributed by atoms with van der Waals surface area (Å²) in [6.45, 7) is 2.85. The first-order valence-corrected chi connectivity index (χ1v) is 8.97. The van der Waals surface area contributed by atoms with Gasteiger partial charge in [0.05, 0.1) is 12.8 Å². The van der Waals surface area contributed by atoms with Gasteiger partial charge in [-0.25, -0.2) is 4.98 Å². The summed E-state index contributed by atoms with van der Waals surface area (Å²) in [5, 5.41) is 3.66. The van der Waals surface area contributed by atoms with E-state index in [1.165, 1.54) is 16.7 Å². The predicted molar refractivity (Wildman–Crippen MR) is 98.5 cm³/mol. The number of pyridine rings is 1. The Morgan fingerprint density at radius 2 is 2.21 bits per heavy atom. The van der Waals surface area contributed by atoms with Crippen molar-refractivity contribution in [2.45, 2.75) is 32.4 Å². The number of hydrogen-bond donors (Lipinski definition) is 1. The van der Waals surface area contributed by atoms with E-state index < -0.39 is 0 Å². The van der Waals surface area contributed by atoms with Crippen LogP contribution in [0.5, 0.6) is 5.75 Å². The smallest absolute Gasteiger partial charge is 0.140 e. The number of ether oxygens (including phenoxy) is 1. The Hall–Kier alpha value is -1.85. The van der Waals surface area contributed by atoms with Crippen LogP contribution >= 0.6 is 15.9 Å². The number of nitrogens with zero attached hydrogens (tertiary/aromatic N) is 2. The molecule has 2 heterocycles. The fourth-order valence-corrected chi connectivity index (χ4v) is 4.07. The van der Waals surface area contributed by atoms with Crippen molar-refractivity contribution in [1.29, 1.82) is 0 Å². The zero-order valence-corrected chi connectivity index (χ0v) is 15.4. The van der Waals surface area contributed by atoms with Crippen LogP contribution in [-0.4, -0.2) is 16.5 Å². The van der Waals surface area contributed by atoms with Crippen LogP contribution in [0.2, 0.25) is 0 Å². The molecule has 0 amide bonds. The van der Waals surface area contributed by atoms with Crippen molar-refractivity contribution in [2.24, 2.45) is 0 Å². The molecule has 0 saturated carbocycles. The maximum Gasteiger partial charge on any atom is 0.140 e. The normalized spacial score (nSPS) is 16.5. The van der Waals surface area contributed by atoms with Crippen LogP contribution in [0.25, 0.3) is 5.65 Å². The minimum atomic E-state index is 0.368. The van der Waals surface area contributed by atoms with E-state index >= 15 is 0 Å². The number of imidazole rings is 1. The lowest BCUT2D eigenvalue weighted by molar-refractivity contribution is 0.413. The fraction of sp³-hybridized carbons (Fsp3) is 0.316. The Bertz CT molecular complexity index is 903. The SMILES string of the molecule is COc1ccc2c(c1)C(NCc1cn3cc(Br)cc(C)c3n1)CC2. The summed E-state index contributed by atoms with van der Waals surface area (Å²) in [4.78, 5) is 4.76. The van der Waals surface area contributed by atoms with Crippen molar-refractivity contribution in [3.05, 3.63) is 63.5 Å². The van der Waals surface area contributed by atoms with Gasteiger partial charge in [-0.3, -0.25) is 0 Å². The molecule has 0 bridgehead atoms. The molecule has 1 aliphatic carbocycles. The first-order valence-electron chi connectivity index (χ1n) is 8.18. The molecular weight excluding hydrogens is 366 g/mol. The Balaban J connectivity index is 1.53. The number of aryl methyl sites for hydroxylation is 2. The molecule has 3 aromatic rings. The largest absolute Gasteiger partial charge is 0.497 e. The molecule has 1 atom stereocenters. The number of hydrogen-bond acceptors (Lipinski definition) is 3. The summed E-state index contributed by atoms with van der Waals surface area (Å²) in [6.07, 6.45) is 6.39. The Kier molecular flexibility index (Phi) is 4.06. The van der Waals surface area contributed by atoms with Gasteiger partial charge in [-0.2, -0.15) is 0 Å². The van der Waals surface area contributed by atoms with Crippen LogP contribution < -0.4 is 10.1 Å². The van der Waals surface area contributed by atoms with Gasteiger partial charge in [0.25, 0.3) is 0 Å². The molecule has 1 aliphatic rings. The van der Waals surface area contributed by atoms with E-state index in [9.17, 15) is 0 Å². The summed E-state index contributed by atoms with van der Waals surface area (Å²) in [6, 6.07) is 8.85. The summed E-state index contributed by atoms with van der Waals surface area (Å²) < 4.78 is 8.52. The van der Waals surface area contributed by atoms with E-state index in [1.54, 1.807) is 7.11 Å². The molecule has 1 unspecified atom stereocenters. The minimum absolute atomic E-state index is 0.368. The average Bonchev–Trinajstić information content (AvgIpc) is 3.16. The summed E-state index contributed by atoms with van der Waals surface area (Å²) >= 11 is 3.54. The van der Waals surface area contributed by atoms with Crippen LogP contribution in [0.3, 0.4) is 0 Å². The van der Waals surface area contributed by atoms with Gasteiger partial charge in [0, 0.05) is 29.5 Å². The van der Waals surface area contributed by atoms with Gasteiger partial charge in [0.15, 0.2) is 0 Å². The Morgan fingerprint density at radius 3 is 3.04 bits per heavy atom. The van der Waals surface area contributed by atoms with Gasteiger partial charge in [-0.15, -0.1) is 0 Å². The van der Waals surface area contributed by atoms with Gasteiger partial charge >= 0.3 is 0 Å². The predicted octanol–water partition coefficient (Wildman–Crippen LogP) is 4.19. The molecule has 4 nitrogen and oxygen atoms in total. The number of nitrogens with one attached hydrogen (secondary N) is 1. The maximum atomic E-state index is 5.37. The second-order valence-corrected chi connectivity index (χ2v) is 7.26. The molecular formula is C19H20BrN3O. The molecule has 0 fully saturated rings. The number of methoxy groups -OCH3 is 1. The van der Waals surface area contributed by atoms with E-state index in [0.29, 0.717) is 6.04 Å². The van der Waals surface area contributed by atoms with Gasteiger partial charge in [0.2, 0.25) is 0 Å². The van der Waals surface area contributed by atoms with Crippen LogP contribution in [0, 0.1) is 6.92 Å². The highest BCUT2D eigenvalue weighted by Crippen LogP contribution is 2.33. The number of benzene rings is 1. The molecule has 0 aliphatic heterocycles. The van der Waals surface area contributed by atoms with E-state index in [4.69, 9.17) is 9.72 Å². The van der Waals surface area contributed by atoms with Crippen molar-refractivity contribution in [1.82, 2.24) is 14.7 Å². The number of rotatable bonds is 4. The Morgan fingerprint density at radius 1 is 1.33 bits per heavy atom. The molecule has 1 aromatic carbocycles. The fourth-order valence-electron chi connectivity index (χ4n) is 3.51. The van der Waals surface area contributed by atoms with Crippen LogP contribution in [0.15, 0.2) is 41.1 Å². The topological polar surface area (TPSA) is 38.6 Å². The van der Waals surface area contributed by atoms with Crippen molar-refractivity contribution in [3.63, 3.8) is 0 Å². The minimum Gasteiger partial charge on any atom is -0.497 e. The van der Waals surface area contributed by atoms with Gasteiger partial charge in [-0.05, 0) is 70.6 Å². The highest BCUT2D eigenvalue weighted by molar-refractivity contribution is 9.10. The molecule has 4 rings (SSSR count). The second-order valence-electron chi connectivity index (χ2n) is 6.34. The molecule has 0 saturated heterocycles. The van der Waals surface area contributed by atoms with E-state index in [2.05, 4.69) is 63.2 Å². The quantitative estimate of drug-likeness (QED) is 0.731. The third-order valence-electron chi connectivity index (χ3n) is 4.71. The van der Waals surface area contributed by atoms with E-state index in [0.717, 1.165) is 40.9 Å². The Labute approximate surface area is 150 Å². The molecule has 1 N–H and O–H groups in total. The van der Waals surface area contributed by atoms with Gasteiger partial charge in [-0.1, -0.05) is 6.07 Å². The highest BCUT2D eigenvalue weighted by Gasteiger charge is 2.22. The van der Waals surface area contributed by atoms with Crippen molar-refractivity contribution in [2.75, 3.05) is 7.11 Å². The highest BCUT2D eigenvalue weighted by atomic mass is 79.9. The van der Waals surface area contributed by atoms with E-state index in [1.807, 2.05) is 6.07 Å². The summed E-state index contributed by atoms with van der Waals surface area (Å²) in [7, 11) is 1.72. The first-order chi connectivity index (χ1) is 11.6.